The van der Waals surface area contributed by atoms with E-state index in [1.807, 2.05) is 23.6 Å². The van der Waals surface area contributed by atoms with Gasteiger partial charge in [0.25, 0.3) is 0 Å². The second-order valence-corrected chi connectivity index (χ2v) is 4.61. The molecule has 4 heteroatoms. The van der Waals surface area contributed by atoms with Crippen molar-refractivity contribution in [2.45, 2.75) is 13.2 Å². The van der Waals surface area contributed by atoms with Crippen molar-refractivity contribution in [1.82, 2.24) is 0 Å². The Morgan fingerprint density at radius 2 is 2.12 bits per heavy atom. The Morgan fingerprint density at radius 1 is 1.24 bits per heavy atom. The number of aromatic carboxylic acids is 1. The smallest absolute Gasteiger partial charge is 0.335 e. The van der Waals surface area contributed by atoms with E-state index in [1.165, 1.54) is 4.88 Å². The molecule has 1 aromatic carbocycles. The van der Waals surface area contributed by atoms with E-state index in [9.17, 15) is 4.79 Å². The summed E-state index contributed by atoms with van der Waals surface area (Å²) < 4.78 is 5.52. The Bertz CT molecular complexity index is 491. The highest BCUT2D eigenvalue weighted by atomic mass is 32.1. The van der Waals surface area contributed by atoms with E-state index in [4.69, 9.17) is 9.84 Å². The fourth-order valence-corrected chi connectivity index (χ4v) is 2.10. The number of rotatable bonds is 5. The molecule has 0 fully saturated rings. The van der Waals surface area contributed by atoms with Crippen molar-refractivity contribution in [2.75, 3.05) is 0 Å². The average molecular weight is 248 g/mol. The van der Waals surface area contributed by atoms with Gasteiger partial charge in [0, 0.05) is 4.88 Å². The fraction of sp³-hybridized carbons (Fsp3) is 0.154. The van der Waals surface area contributed by atoms with Crippen LogP contribution >= 0.6 is 11.3 Å². The number of carbonyl (C=O) groups is 1. The Labute approximate surface area is 103 Å². The largest absolute Gasteiger partial charge is 0.478 e. The first-order valence-corrected chi connectivity index (χ1v) is 6.06. The average Bonchev–Trinajstić information content (AvgIpc) is 2.82. The third-order valence-electron chi connectivity index (χ3n) is 2.27. The molecule has 2 aromatic rings. The third kappa shape index (κ3) is 3.41. The Hall–Kier alpha value is -1.65. The Balaban J connectivity index is 1.90. The van der Waals surface area contributed by atoms with E-state index in [0.29, 0.717) is 18.8 Å². The van der Waals surface area contributed by atoms with Gasteiger partial charge in [-0.2, -0.15) is 0 Å². The first kappa shape index (κ1) is 11.8. The van der Waals surface area contributed by atoms with E-state index in [-0.39, 0.29) is 0 Å². The minimum absolute atomic E-state index is 0.294. The molecule has 0 unspecified atom stereocenters. The van der Waals surface area contributed by atoms with Gasteiger partial charge in [0.2, 0.25) is 0 Å². The molecule has 0 atom stereocenters. The Kier molecular flexibility index (Phi) is 3.90. The van der Waals surface area contributed by atoms with E-state index in [1.54, 1.807) is 29.5 Å². The Morgan fingerprint density at radius 3 is 2.82 bits per heavy atom. The van der Waals surface area contributed by atoms with Crippen molar-refractivity contribution in [3.05, 3.63) is 57.8 Å². The monoisotopic (exact) mass is 248 g/mol. The summed E-state index contributed by atoms with van der Waals surface area (Å²) in [4.78, 5) is 11.9. The van der Waals surface area contributed by atoms with Crippen LogP contribution in [-0.4, -0.2) is 11.1 Å². The van der Waals surface area contributed by atoms with Gasteiger partial charge in [-0.05, 0) is 29.1 Å². The number of thiophene rings is 1. The lowest BCUT2D eigenvalue weighted by Gasteiger charge is -2.03. The number of hydrogen-bond donors (Lipinski definition) is 1. The zero-order valence-electron chi connectivity index (χ0n) is 9.13. The van der Waals surface area contributed by atoms with Crippen LogP contribution in [0.4, 0.5) is 0 Å². The van der Waals surface area contributed by atoms with Crippen molar-refractivity contribution >= 4 is 17.3 Å². The molecule has 3 nitrogen and oxygen atoms in total. The first-order valence-electron chi connectivity index (χ1n) is 5.18. The third-order valence-corrected chi connectivity index (χ3v) is 3.12. The number of hydrogen-bond acceptors (Lipinski definition) is 3. The predicted molar refractivity (Wildman–Crippen MR) is 66.2 cm³/mol. The number of carboxylic acid groups (broad SMARTS) is 1. The molecule has 1 N–H and O–H groups in total. The summed E-state index contributed by atoms with van der Waals surface area (Å²) in [6.45, 7) is 0.994. The van der Waals surface area contributed by atoms with Crippen molar-refractivity contribution in [2.24, 2.45) is 0 Å². The van der Waals surface area contributed by atoms with Crippen molar-refractivity contribution < 1.29 is 14.6 Å². The molecule has 0 aliphatic rings. The van der Waals surface area contributed by atoms with Gasteiger partial charge in [0.1, 0.15) is 0 Å². The molecule has 1 heterocycles. The zero-order chi connectivity index (χ0) is 12.1. The molecule has 2 rings (SSSR count). The molecule has 1 aromatic heterocycles. The predicted octanol–water partition coefficient (Wildman–Crippen LogP) is 3.16. The molecule has 88 valence electrons. The van der Waals surface area contributed by atoms with Gasteiger partial charge in [0.15, 0.2) is 0 Å². The highest BCUT2D eigenvalue weighted by Gasteiger charge is 2.03. The van der Waals surface area contributed by atoms with E-state index >= 15 is 0 Å². The SMILES string of the molecule is O=C(O)c1cccc(COCc2cccs2)c1. The standard InChI is InChI=1S/C13H12O3S/c14-13(15)11-4-1-3-10(7-11)8-16-9-12-5-2-6-17-12/h1-7H,8-9H2,(H,14,15). The van der Waals surface area contributed by atoms with Crippen LogP contribution in [0.15, 0.2) is 41.8 Å². The number of carboxylic acids is 1. The zero-order valence-corrected chi connectivity index (χ0v) is 9.94. The van der Waals surface area contributed by atoms with Crippen LogP contribution in [0.5, 0.6) is 0 Å². The molecule has 0 radical (unpaired) electrons. The van der Waals surface area contributed by atoms with E-state index in [2.05, 4.69) is 0 Å². The van der Waals surface area contributed by atoms with Crippen LogP contribution in [0, 0.1) is 0 Å². The van der Waals surface area contributed by atoms with Gasteiger partial charge in [-0.25, -0.2) is 4.79 Å². The second-order valence-electron chi connectivity index (χ2n) is 3.58. The molecule has 0 aliphatic carbocycles. The maximum atomic E-state index is 10.8. The molecule has 0 saturated carbocycles. The van der Waals surface area contributed by atoms with Crippen LogP contribution in [0.25, 0.3) is 0 Å². The van der Waals surface area contributed by atoms with Crippen LogP contribution < -0.4 is 0 Å². The highest BCUT2D eigenvalue weighted by molar-refractivity contribution is 7.09. The summed E-state index contributed by atoms with van der Waals surface area (Å²) in [5.74, 6) is -0.912. The highest BCUT2D eigenvalue weighted by Crippen LogP contribution is 2.12. The molecule has 0 amide bonds. The number of ether oxygens (including phenoxy) is 1. The summed E-state index contributed by atoms with van der Waals surface area (Å²) in [6, 6.07) is 10.8. The number of benzene rings is 1. The normalized spacial score (nSPS) is 10.4. The summed E-state index contributed by atoms with van der Waals surface area (Å²) >= 11 is 1.65. The molecule has 0 bridgehead atoms. The maximum absolute atomic E-state index is 10.8. The lowest BCUT2D eigenvalue weighted by molar-refractivity contribution is 0.0696. The van der Waals surface area contributed by atoms with Crippen LogP contribution in [-0.2, 0) is 18.0 Å². The minimum Gasteiger partial charge on any atom is -0.478 e. The maximum Gasteiger partial charge on any atom is 0.335 e. The lowest BCUT2D eigenvalue weighted by Crippen LogP contribution is -1.98. The van der Waals surface area contributed by atoms with Gasteiger partial charge >= 0.3 is 5.97 Å². The molecular weight excluding hydrogens is 236 g/mol. The van der Waals surface area contributed by atoms with Gasteiger partial charge in [-0.3, -0.25) is 0 Å². The van der Waals surface area contributed by atoms with Gasteiger partial charge in [0.05, 0.1) is 18.8 Å². The van der Waals surface area contributed by atoms with Crippen molar-refractivity contribution in [3.63, 3.8) is 0 Å². The first-order chi connectivity index (χ1) is 8.25. The summed E-state index contributed by atoms with van der Waals surface area (Å²) in [5, 5.41) is 10.8. The lowest BCUT2D eigenvalue weighted by atomic mass is 10.1. The molecule has 0 saturated heterocycles. The second kappa shape index (κ2) is 5.61. The summed E-state index contributed by atoms with van der Waals surface area (Å²) in [6.07, 6.45) is 0. The molecule has 0 aliphatic heterocycles. The van der Waals surface area contributed by atoms with Crippen LogP contribution in [0.2, 0.25) is 0 Å². The minimum atomic E-state index is -0.912. The van der Waals surface area contributed by atoms with Crippen molar-refractivity contribution in [1.29, 1.82) is 0 Å². The van der Waals surface area contributed by atoms with Crippen LogP contribution in [0.1, 0.15) is 20.8 Å². The molecular formula is C13H12O3S. The van der Waals surface area contributed by atoms with E-state index < -0.39 is 5.97 Å². The van der Waals surface area contributed by atoms with Crippen molar-refractivity contribution in [3.8, 4) is 0 Å². The van der Waals surface area contributed by atoms with Gasteiger partial charge < -0.3 is 9.84 Å². The summed E-state index contributed by atoms with van der Waals surface area (Å²) in [5.41, 5.74) is 1.17. The van der Waals surface area contributed by atoms with Gasteiger partial charge in [-0.1, -0.05) is 18.2 Å². The molecule has 17 heavy (non-hydrogen) atoms. The topological polar surface area (TPSA) is 46.5 Å². The van der Waals surface area contributed by atoms with Crippen LogP contribution in [0.3, 0.4) is 0 Å². The fourth-order valence-electron chi connectivity index (χ4n) is 1.46. The summed E-state index contributed by atoms with van der Waals surface area (Å²) in [7, 11) is 0. The quantitative estimate of drug-likeness (QED) is 0.884. The van der Waals surface area contributed by atoms with E-state index in [0.717, 1.165) is 5.56 Å². The van der Waals surface area contributed by atoms with Gasteiger partial charge in [-0.15, -0.1) is 11.3 Å². The molecule has 0 spiro atoms.